The van der Waals surface area contributed by atoms with Crippen LogP contribution in [-0.2, 0) is 12.5 Å². The summed E-state index contributed by atoms with van der Waals surface area (Å²) < 4.78 is 0. The molecule has 0 bridgehead atoms. The molecule has 1 aromatic rings. The zero-order chi connectivity index (χ0) is 10.0. The summed E-state index contributed by atoms with van der Waals surface area (Å²) >= 11 is 0. The predicted molar refractivity (Wildman–Crippen MR) is 64.8 cm³/mol. The van der Waals surface area contributed by atoms with Gasteiger partial charge in [0, 0.05) is 0 Å². The molecule has 0 radical (unpaired) electrons. The third-order valence-corrected chi connectivity index (χ3v) is 7.16. The largest absolute Gasteiger partial charge is 0.107 e. The van der Waals surface area contributed by atoms with Crippen LogP contribution in [0.1, 0.15) is 11.1 Å². The monoisotopic (exact) mass is 200 g/mol. The maximum Gasteiger partial charge on any atom is 0.105 e. The fraction of sp³-hybridized carbons (Fsp3) is 0.231. The van der Waals surface area contributed by atoms with Gasteiger partial charge in [-0.1, -0.05) is 35.7 Å². The minimum atomic E-state index is -1.35. The van der Waals surface area contributed by atoms with Gasteiger partial charge in [-0.3, -0.25) is 0 Å². The summed E-state index contributed by atoms with van der Waals surface area (Å²) in [5.41, 5.74) is 7.43. The second-order valence-electron chi connectivity index (χ2n) is 4.09. The number of rotatable bonds is 2. The molecule has 1 heteroatoms. The second-order valence-corrected chi connectivity index (χ2v) is 8.22. The molecule has 1 aromatic carbocycles. The molecule has 0 aromatic heterocycles. The summed E-state index contributed by atoms with van der Waals surface area (Å²) in [6.45, 7) is 7.98. The standard InChI is InChI=1S/C13H16Si/c1-3-14(4-2)10-9-12-7-5-6-8-13(12)11-14/h3-8H,1-2,9-11H2. The van der Waals surface area contributed by atoms with Crippen LogP contribution in [0.3, 0.4) is 0 Å². The molecule has 0 amide bonds. The van der Waals surface area contributed by atoms with E-state index in [1.807, 2.05) is 0 Å². The fourth-order valence-corrected chi connectivity index (χ4v) is 5.05. The number of hydrogen-bond donors (Lipinski definition) is 0. The minimum Gasteiger partial charge on any atom is -0.107 e. The lowest BCUT2D eigenvalue weighted by molar-refractivity contribution is 1.01. The van der Waals surface area contributed by atoms with Gasteiger partial charge in [0.25, 0.3) is 0 Å². The smallest absolute Gasteiger partial charge is 0.105 e. The Kier molecular flexibility index (Phi) is 2.42. The number of fused-ring (bicyclic) bond motifs is 1. The maximum absolute atomic E-state index is 3.99. The predicted octanol–water partition coefficient (Wildman–Crippen LogP) is 3.22. The molecule has 0 saturated heterocycles. The van der Waals surface area contributed by atoms with Gasteiger partial charge in [-0.05, 0) is 29.6 Å². The van der Waals surface area contributed by atoms with Gasteiger partial charge in [-0.25, -0.2) is 0 Å². The highest BCUT2D eigenvalue weighted by molar-refractivity contribution is 6.88. The molecule has 0 N–H and O–H groups in total. The van der Waals surface area contributed by atoms with Crippen LogP contribution < -0.4 is 0 Å². The topological polar surface area (TPSA) is 0 Å². The minimum absolute atomic E-state index is 1.20. The van der Waals surface area contributed by atoms with E-state index in [4.69, 9.17) is 0 Å². The highest BCUT2D eigenvalue weighted by atomic mass is 28.3. The highest BCUT2D eigenvalue weighted by Gasteiger charge is 2.30. The van der Waals surface area contributed by atoms with Crippen molar-refractivity contribution < 1.29 is 0 Å². The van der Waals surface area contributed by atoms with Crippen LogP contribution >= 0.6 is 0 Å². The van der Waals surface area contributed by atoms with Crippen molar-refractivity contribution in [3.63, 3.8) is 0 Å². The zero-order valence-electron chi connectivity index (χ0n) is 8.50. The Hall–Kier alpha value is -1.08. The SMILES string of the molecule is C=C[Si]1(C=C)CCc2ccccc2C1. The molecule has 0 unspecified atom stereocenters. The summed E-state index contributed by atoms with van der Waals surface area (Å²) in [5, 5.41) is 0. The Morgan fingerprint density at radius 1 is 1.07 bits per heavy atom. The molecule has 1 aliphatic rings. The van der Waals surface area contributed by atoms with Crippen molar-refractivity contribution in [2.45, 2.75) is 18.5 Å². The first-order chi connectivity index (χ1) is 6.79. The van der Waals surface area contributed by atoms with Crippen LogP contribution in [0, 0.1) is 0 Å². The van der Waals surface area contributed by atoms with E-state index in [2.05, 4.69) is 48.8 Å². The lowest BCUT2D eigenvalue weighted by Crippen LogP contribution is -2.37. The van der Waals surface area contributed by atoms with Crippen molar-refractivity contribution >= 4 is 8.07 Å². The average Bonchev–Trinajstić information content (AvgIpc) is 2.28. The van der Waals surface area contributed by atoms with Crippen molar-refractivity contribution in [2.75, 3.05) is 0 Å². The third kappa shape index (κ3) is 1.48. The van der Waals surface area contributed by atoms with Crippen LogP contribution in [0.4, 0.5) is 0 Å². The zero-order valence-corrected chi connectivity index (χ0v) is 9.50. The average molecular weight is 200 g/mol. The van der Waals surface area contributed by atoms with E-state index in [-0.39, 0.29) is 0 Å². The Morgan fingerprint density at radius 3 is 2.36 bits per heavy atom. The quantitative estimate of drug-likeness (QED) is 0.643. The van der Waals surface area contributed by atoms with E-state index in [9.17, 15) is 0 Å². The lowest BCUT2D eigenvalue weighted by Gasteiger charge is -2.30. The molecule has 0 nitrogen and oxygen atoms in total. The molecular formula is C13H16Si. The first-order valence-corrected chi connectivity index (χ1v) is 7.70. The molecule has 1 aliphatic heterocycles. The van der Waals surface area contributed by atoms with E-state index < -0.39 is 8.07 Å². The molecule has 0 saturated carbocycles. The lowest BCUT2D eigenvalue weighted by atomic mass is 10.1. The van der Waals surface area contributed by atoms with E-state index >= 15 is 0 Å². The molecule has 72 valence electrons. The Labute approximate surface area is 87.0 Å². The van der Waals surface area contributed by atoms with Gasteiger partial charge in [0.1, 0.15) is 8.07 Å². The normalized spacial score (nSPS) is 18.3. The van der Waals surface area contributed by atoms with Crippen molar-refractivity contribution in [3.05, 3.63) is 59.9 Å². The van der Waals surface area contributed by atoms with E-state index in [1.165, 1.54) is 29.6 Å². The van der Waals surface area contributed by atoms with Crippen LogP contribution in [0.5, 0.6) is 0 Å². The Morgan fingerprint density at radius 2 is 1.71 bits per heavy atom. The summed E-state index contributed by atoms with van der Waals surface area (Å²) in [6, 6.07) is 11.3. The van der Waals surface area contributed by atoms with E-state index in [1.54, 1.807) is 0 Å². The van der Waals surface area contributed by atoms with E-state index in [0.717, 1.165) is 0 Å². The Bertz CT molecular complexity index is 357. The van der Waals surface area contributed by atoms with Gasteiger partial charge < -0.3 is 0 Å². The highest BCUT2D eigenvalue weighted by Crippen LogP contribution is 2.29. The van der Waals surface area contributed by atoms with Gasteiger partial charge in [-0.15, -0.1) is 13.2 Å². The molecule has 0 atom stereocenters. The van der Waals surface area contributed by atoms with Gasteiger partial charge in [0.05, 0.1) is 0 Å². The first kappa shape index (κ1) is 9.47. The summed E-state index contributed by atoms with van der Waals surface area (Å²) in [7, 11) is -1.35. The number of benzene rings is 1. The summed E-state index contributed by atoms with van der Waals surface area (Å²) in [4.78, 5) is 0. The third-order valence-electron chi connectivity index (χ3n) is 3.31. The molecule has 0 spiro atoms. The molecule has 0 aliphatic carbocycles. The van der Waals surface area contributed by atoms with Crippen molar-refractivity contribution in [2.24, 2.45) is 0 Å². The van der Waals surface area contributed by atoms with Crippen molar-refractivity contribution in [3.8, 4) is 0 Å². The molecule has 14 heavy (non-hydrogen) atoms. The van der Waals surface area contributed by atoms with Gasteiger partial charge >= 0.3 is 0 Å². The molecular weight excluding hydrogens is 184 g/mol. The van der Waals surface area contributed by atoms with Gasteiger partial charge in [0.15, 0.2) is 0 Å². The van der Waals surface area contributed by atoms with Gasteiger partial charge in [-0.2, -0.15) is 0 Å². The van der Waals surface area contributed by atoms with Crippen LogP contribution in [0.2, 0.25) is 6.04 Å². The van der Waals surface area contributed by atoms with Crippen LogP contribution in [0.25, 0.3) is 0 Å². The van der Waals surface area contributed by atoms with Gasteiger partial charge in [0.2, 0.25) is 0 Å². The molecule has 1 heterocycles. The summed E-state index contributed by atoms with van der Waals surface area (Å²) in [6.07, 6.45) is 1.21. The first-order valence-electron chi connectivity index (χ1n) is 5.14. The van der Waals surface area contributed by atoms with E-state index in [0.29, 0.717) is 0 Å². The molecule has 2 rings (SSSR count). The second kappa shape index (κ2) is 3.58. The van der Waals surface area contributed by atoms with Crippen molar-refractivity contribution in [1.29, 1.82) is 0 Å². The maximum atomic E-state index is 3.99. The Balaban J connectivity index is 2.37. The summed E-state index contributed by atoms with van der Waals surface area (Å²) in [5.74, 6) is 0. The van der Waals surface area contributed by atoms with Crippen LogP contribution in [-0.4, -0.2) is 8.07 Å². The molecule has 0 fully saturated rings. The number of hydrogen-bond acceptors (Lipinski definition) is 0. The number of aryl methyl sites for hydroxylation is 1. The fourth-order valence-electron chi connectivity index (χ4n) is 2.22. The van der Waals surface area contributed by atoms with Crippen molar-refractivity contribution in [1.82, 2.24) is 0 Å². The van der Waals surface area contributed by atoms with Crippen LogP contribution in [0.15, 0.2) is 48.8 Å².